The Bertz CT molecular complexity index is 489. The van der Waals surface area contributed by atoms with Gasteiger partial charge in [0, 0.05) is 19.8 Å². The van der Waals surface area contributed by atoms with E-state index in [0.717, 1.165) is 5.56 Å². The van der Waals surface area contributed by atoms with Crippen LogP contribution in [0, 0.1) is 11.3 Å². The Morgan fingerprint density at radius 2 is 2.10 bits per heavy atom. The summed E-state index contributed by atoms with van der Waals surface area (Å²) in [4.78, 5) is 24.2. The molecule has 6 nitrogen and oxygen atoms in total. The standard InChI is InChI=1S/C15H25N3O3/c1-6-21-14(20)12(15(2,3)4)13(19)16-8-7-11-9-17-18(5)10-11/h9-10,12H,6-8H2,1-5H3,(H,16,19). The lowest BCUT2D eigenvalue weighted by atomic mass is 9.80. The Morgan fingerprint density at radius 1 is 1.43 bits per heavy atom. The number of ether oxygens (including phenoxy) is 1. The third-order valence-corrected chi connectivity index (χ3v) is 3.12. The van der Waals surface area contributed by atoms with Crippen LogP contribution >= 0.6 is 0 Å². The van der Waals surface area contributed by atoms with Crippen LogP contribution in [0.25, 0.3) is 0 Å². The first-order valence-electron chi connectivity index (χ1n) is 7.17. The predicted molar refractivity (Wildman–Crippen MR) is 79.5 cm³/mol. The number of nitrogens with zero attached hydrogens (tertiary/aromatic N) is 2. The van der Waals surface area contributed by atoms with Crippen molar-refractivity contribution in [1.82, 2.24) is 15.1 Å². The van der Waals surface area contributed by atoms with E-state index < -0.39 is 17.3 Å². The number of carbonyl (C=O) groups is 2. The first-order valence-corrected chi connectivity index (χ1v) is 7.17. The van der Waals surface area contributed by atoms with Crippen molar-refractivity contribution in [2.75, 3.05) is 13.2 Å². The van der Waals surface area contributed by atoms with E-state index in [2.05, 4.69) is 10.4 Å². The van der Waals surface area contributed by atoms with Gasteiger partial charge in [0.2, 0.25) is 5.91 Å². The van der Waals surface area contributed by atoms with Gasteiger partial charge in [-0.3, -0.25) is 14.3 Å². The second-order valence-corrected chi connectivity index (χ2v) is 6.11. The van der Waals surface area contributed by atoms with Crippen LogP contribution in [0.3, 0.4) is 0 Å². The van der Waals surface area contributed by atoms with E-state index >= 15 is 0 Å². The van der Waals surface area contributed by atoms with Crippen molar-refractivity contribution in [2.45, 2.75) is 34.1 Å². The molecule has 1 atom stereocenters. The van der Waals surface area contributed by atoms with Crippen LogP contribution in [0.5, 0.6) is 0 Å². The van der Waals surface area contributed by atoms with Gasteiger partial charge in [0.1, 0.15) is 5.92 Å². The molecule has 0 radical (unpaired) electrons. The van der Waals surface area contributed by atoms with Crippen molar-refractivity contribution in [1.29, 1.82) is 0 Å². The normalized spacial score (nSPS) is 12.8. The number of hydrogen-bond acceptors (Lipinski definition) is 4. The van der Waals surface area contributed by atoms with Crippen LogP contribution in [0.15, 0.2) is 12.4 Å². The van der Waals surface area contributed by atoms with E-state index in [0.29, 0.717) is 13.0 Å². The number of aromatic nitrogens is 2. The summed E-state index contributed by atoms with van der Waals surface area (Å²) in [5.41, 5.74) is 0.561. The highest BCUT2D eigenvalue weighted by atomic mass is 16.5. The first kappa shape index (κ1) is 17.2. The lowest BCUT2D eigenvalue weighted by Crippen LogP contribution is -2.44. The summed E-state index contributed by atoms with van der Waals surface area (Å²) < 4.78 is 6.72. The third kappa shape index (κ3) is 5.21. The molecule has 0 aliphatic carbocycles. The first-order chi connectivity index (χ1) is 9.75. The maximum atomic E-state index is 12.3. The molecule has 1 amide bonds. The average molecular weight is 295 g/mol. The molecule has 0 fully saturated rings. The molecule has 6 heteroatoms. The van der Waals surface area contributed by atoms with E-state index in [9.17, 15) is 9.59 Å². The number of rotatable bonds is 6. The minimum atomic E-state index is -0.800. The summed E-state index contributed by atoms with van der Waals surface area (Å²) in [7, 11) is 1.85. The average Bonchev–Trinajstić information content (AvgIpc) is 2.73. The summed E-state index contributed by atoms with van der Waals surface area (Å²) in [6.07, 6.45) is 4.34. The van der Waals surface area contributed by atoms with Crippen molar-refractivity contribution in [3.63, 3.8) is 0 Å². The molecule has 1 aromatic rings. The second kappa shape index (κ2) is 7.24. The van der Waals surface area contributed by atoms with Crippen molar-refractivity contribution in [3.05, 3.63) is 18.0 Å². The van der Waals surface area contributed by atoms with Crippen molar-refractivity contribution in [2.24, 2.45) is 18.4 Å². The second-order valence-electron chi connectivity index (χ2n) is 6.11. The molecule has 0 aromatic carbocycles. The summed E-state index contributed by atoms with van der Waals surface area (Å²) >= 11 is 0. The third-order valence-electron chi connectivity index (χ3n) is 3.12. The van der Waals surface area contributed by atoms with Gasteiger partial charge in [0.25, 0.3) is 0 Å². The van der Waals surface area contributed by atoms with Crippen LogP contribution in [0.2, 0.25) is 0 Å². The molecule has 0 aliphatic heterocycles. The van der Waals surface area contributed by atoms with Crippen LogP contribution < -0.4 is 5.32 Å². The van der Waals surface area contributed by atoms with Crippen molar-refractivity contribution in [3.8, 4) is 0 Å². The van der Waals surface area contributed by atoms with Gasteiger partial charge in [-0.2, -0.15) is 5.10 Å². The Kier molecular flexibility index (Phi) is 5.93. The molecule has 1 rings (SSSR count). The summed E-state index contributed by atoms with van der Waals surface area (Å²) in [5.74, 6) is -1.56. The van der Waals surface area contributed by atoms with Gasteiger partial charge in [-0.15, -0.1) is 0 Å². The molecule has 0 bridgehead atoms. The minimum Gasteiger partial charge on any atom is -0.465 e. The zero-order chi connectivity index (χ0) is 16.0. The Labute approximate surface area is 125 Å². The molecule has 118 valence electrons. The monoisotopic (exact) mass is 295 g/mol. The van der Waals surface area contributed by atoms with E-state index in [-0.39, 0.29) is 12.5 Å². The molecule has 0 aliphatic rings. The van der Waals surface area contributed by atoms with Crippen LogP contribution in [0.4, 0.5) is 0 Å². The topological polar surface area (TPSA) is 73.2 Å². The number of nitrogens with one attached hydrogen (secondary N) is 1. The Morgan fingerprint density at radius 3 is 2.57 bits per heavy atom. The fourth-order valence-electron chi connectivity index (χ4n) is 2.11. The highest BCUT2D eigenvalue weighted by Crippen LogP contribution is 2.27. The predicted octanol–water partition coefficient (Wildman–Crippen LogP) is 1.30. The Balaban J connectivity index is 2.58. The molecule has 1 unspecified atom stereocenters. The van der Waals surface area contributed by atoms with E-state index in [1.54, 1.807) is 17.8 Å². The fourth-order valence-corrected chi connectivity index (χ4v) is 2.11. The highest BCUT2D eigenvalue weighted by molar-refractivity contribution is 5.98. The lowest BCUT2D eigenvalue weighted by Gasteiger charge is -2.27. The molecular formula is C15H25N3O3. The molecule has 21 heavy (non-hydrogen) atoms. The van der Waals surface area contributed by atoms with E-state index in [4.69, 9.17) is 4.74 Å². The number of esters is 1. The Hall–Kier alpha value is -1.85. The van der Waals surface area contributed by atoms with Gasteiger partial charge in [-0.1, -0.05) is 20.8 Å². The molecule has 1 N–H and O–H groups in total. The SMILES string of the molecule is CCOC(=O)C(C(=O)NCCc1cnn(C)c1)C(C)(C)C. The van der Waals surface area contributed by atoms with Crippen LogP contribution in [-0.4, -0.2) is 34.8 Å². The molecule has 0 saturated heterocycles. The number of aryl methyl sites for hydroxylation is 1. The smallest absolute Gasteiger partial charge is 0.319 e. The van der Waals surface area contributed by atoms with Crippen molar-refractivity contribution >= 4 is 11.9 Å². The maximum absolute atomic E-state index is 12.3. The van der Waals surface area contributed by atoms with E-state index in [1.165, 1.54) is 0 Å². The fraction of sp³-hybridized carbons (Fsp3) is 0.667. The van der Waals surface area contributed by atoms with Gasteiger partial charge in [0.05, 0.1) is 12.8 Å². The molecule has 0 saturated carbocycles. The van der Waals surface area contributed by atoms with Gasteiger partial charge >= 0.3 is 5.97 Å². The zero-order valence-corrected chi connectivity index (χ0v) is 13.5. The molecule has 0 spiro atoms. The lowest BCUT2D eigenvalue weighted by molar-refractivity contribution is -0.156. The molecule has 1 heterocycles. The number of carbonyl (C=O) groups excluding carboxylic acids is 2. The van der Waals surface area contributed by atoms with Gasteiger partial charge < -0.3 is 10.1 Å². The summed E-state index contributed by atoms with van der Waals surface area (Å²) in [6, 6.07) is 0. The van der Waals surface area contributed by atoms with Gasteiger partial charge in [-0.05, 0) is 24.3 Å². The number of hydrogen-bond donors (Lipinski definition) is 1. The van der Waals surface area contributed by atoms with Gasteiger partial charge in [-0.25, -0.2) is 0 Å². The summed E-state index contributed by atoms with van der Waals surface area (Å²) in [6.45, 7) is 8.04. The highest BCUT2D eigenvalue weighted by Gasteiger charge is 2.38. The minimum absolute atomic E-state index is 0.272. The van der Waals surface area contributed by atoms with E-state index in [1.807, 2.05) is 34.0 Å². The van der Waals surface area contributed by atoms with Crippen molar-refractivity contribution < 1.29 is 14.3 Å². The van der Waals surface area contributed by atoms with Gasteiger partial charge in [0.15, 0.2) is 0 Å². The quantitative estimate of drug-likeness (QED) is 0.634. The summed E-state index contributed by atoms with van der Waals surface area (Å²) in [5, 5.41) is 6.88. The van der Waals surface area contributed by atoms with Crippen LogP contribution in [0.1, 0.15) is 33.3 Å². The van der Waals surface area contributed by atoms with Crippen LogP contribution in [-0.2, 0) is 27.8 Å². The largest absolute Gasteiger partial charge is 0.465 e. The molecular weight excluding hydrogens is 270 g/mol. The molecule has 1 aromatic heterocycles. The number of amides is 1. The zero-order valence-electron chi connectivity index (χ0n) is 13.5. The maximum Gasteiger partial charge on any atom is 0.319 e.